The van der Waals surface area contributed by atoms with Crippen LogP contribution >= 0.6 is 11.6 Å². The molecule has 0 bridgehead atoms. The maximum atomic E-state index is 12.2. The number of nitrogens with one attached hydrogen (secondary N) is 1. The molecule has 2 saturated heterocycles. The van der Waals surface area contributed by atoms with Crippen LogP contribution in [0.1, 0.15) is 19.3 Å². The molecule has 1 aromatic heterocycles. The highest BCUT2D eigenvalue weighted by Crippen LogP contribution is 2.28. The topological polar surface area (TPSA) is 75.2 Å². The second-order valence-electron chi connectivity index (χ2n) is 4.95. The van der Waals surface area contributed by atoms with Crippen LogP contribution in [0.3, 0.4) is 0 Å². The molecule has 0 spiro atoms. The fraction of sp³-hybridized carbons (Fsp3) is 0.636. The van der Waals surface area contributed by atoms with E-state index in [0.717, 1.165) is 32.4 Å². The van der Waals surface area contributed by atoms with Crippen LogP contribution in [0, 0.1) is 0 Å². The van der Waals surface area contributed by atoms with Gasteiger partial charge in [0.25, 0.3) is 0 Å². The minimum absolute atomic E-state index is 0.0109. The third-order valence-electron chi connectivity index (χ3n) is 3.82. The summed E-state index contributed by atoms with van der Waals surface area (Å²) in [4.78, 5) is 9.84. The van der Waals surface area contributed by atoms with E-state index in [9.17, 15) is 8.42 Å². The van der Waals surface area contributed by atoms with Crippen molar-refractivity contribution in [2.24, 2.45) is 0 Å². The number of sulfonamides is 1. The number of halogens is 1. The lowest BCUT2D eigenvalue weighted by Crippen LogP contribution is -2.42. The summed E-state index contributed by atoms with van der Waals surface area (Å²) in [6.45, 7) is 2.04. The van der Waals surface area contributed by atoms with Crippen molar-refractivity contribution < 1.29 is 8.42 Å². The Morgan fingerprint density at radius 1 is 1.26 bits per heavy atom. The number of rotatable bonds is 3. The van der Waals surface area contributed by atoms with E-state index in [0.29, 0.717) is 6.04 Å². The molecular formula is C11H15ClN4O2S. The minimum atomic E-state index is -3.56. The highest BCUT2D eigenvalue weighted by atomic mass is 35.5. The summed E-state index contributed by atoms with van der Waals surface area (Å²) >= 11 is 5.56. The number of nitrogens with zero attached hydrogens (tertiary/aromatic N) is 3. The highest BCUT2D eigenvalue weighted by Gasteiger charge is 2.39. The van der Waals surface area contributed by atoms with Gasteiger partial charge in [-0.25, -0.2) is 23.1 Å². The molecule has 2 unspecified atom stereocenters. The Hall–Kier alpha value is -0.760. The predicted octanol–water partition coefficient (Wildman–Crippen LogP) is 0.645. The Balaban J connectivity index is 1.76. The Bertz CT molecular complexity index is 563. The summed E-state index contributed by atoms with van der Waals surface area (Å²) in [5.74, 6) is 0. The molecule has 2 atom stereocenters. The molecule has 104 valence electrons. The van der Waals surface area contributed by atoms with Gasteiger partial charge in [-0.15, -0.1) is 0 Å². The molecule has 3 heterocycles. The maximum absolute atomic E-state index is 12.2. The molecule has 0 saturated carbocycles. The van der Waals surface area contributed by atoms with Crippen LogP contribution < -0.4 is 4.72 Å². The Labute approximate surface area is 117 Å². The van der Waals surface area contributed by atoms with E-state index >= 15 is 0 Å². The molecule has 2 aliphatic rings. The molecule has 0 aliphatic carbocycles. The first-order valence-electron chi connectivity index (χ1n) is 6.30. The number of fused-ring (bicyclic) bond motifs is 1. The zero-order chi connectivity index (χ0) is 13.5. The average Bonchev–Trinajstić information content (AvgIpc) is 2.95. The lowest BCUT2D eigenvalue weighted by Gasteiger charge is -2.20. The van der Waals surface area contributed by atoms with Crippen molar-refractivity contribution in [2.75, 3.05) is 13.1 Å². The third kappa shape index (κ3) is 2.60. The van der Waals surface area contributed by atoms with E-state index < -0.39 is 10.0 Å². The molecule has 0 aromatic carbocycles. The van der Waals surface area contributed by atoms with E-state index in [1.807, 2.05) is 0 Å². The predicted molar refractivity (Wildman–Crippen MR) is 70.4 cm³/mol. The zero-order valence-corrected chi connectivity index (χ0v) is 11.9. The quantitative estimate of drug-likeness (QED) is 0.830. The highest BCUT2D eigenvalue weighted by molar-refractivity contribution is 7.89. The van der Waals surface area contributed by atoms with Gasteiger partial charge in [-0.1, -0.05) is 0 Å². The fourth-order valence-corrected chi connectivity index (χ4v) is 4.22. The molecule has 0 amide bonds. The van der Waals surface area contributed by atoms with Crippen molar-refractivity contribution in [3.8, 4) is 0 Å². The maximum Gasteiger partial charge on any atom is 0.243 e. The smallest absolute Gasteiger partial charge is 0.243 e. The summed E-state index contributed by atoms with van der Waals surface area (Å²) in [6.07, 6.45) is 5.54. The molecule has 3 rings (SSSR count). The molecule has 2 fully saturated rings. The van der Waals surface area contributed by atoms with Gasteiger partial charge in [0.15, 0.2) is 0 Å². The second-order valence-corrected chi connectivity index (χ2v) is 7.00. The molecule has 1 N–H and O–H groups in total. The van der Waals surface area contributed by atoms with Crippen molar-refractivity contribution in [3.05, 3.63) is 17.7 Å². The van der Waals surface area contributed by atoms with Gasteiger partial charge in [0, 0.05) is 18.6 Å². The van der Waals surface area contributed by atoms with Crippen molar-refractivity contribution in [3.63, 3.8) is 0 Å². The number of aromatic nitrogens is 2. The van der Waals surface area contributed by atoms with E-state index in [4.69, 9.17) is 11.6 Å². The van der Waals surface area contributed by atoms with Crippen LogP contribution in [0.2, 0.25) is 5.28 Å². The second kappa shape index (κ2) is 4.97. The van der Waals surface area contributed by atoms with Crippen LogP contribution in [-0.4, -0.2) is 48.5 Å². The lowest BCUT2D eigenvalue weighted by molar-refractivity contribution is 0.309. The molecule has 19 heavy (non-hydrogen) atoms. The van der Waals surface area contributed by atoms with Gasteiger partial charge < -0.3 is 0 Å². The first-order valence-corrected chi connectivity index (χ1v) is 8.16. The van der Waals surface area contributed by atoms with Crippen molar-refractivity contribution in [2.45, 2.75) is 36.2 Å². The fourth-order valence-electron chi connectivity index (χ4n) is 2.93. The van der Waals surface area contributed by atoms with Gasteiger partial charge in [0.2, 0.25) is 15.3 Å². The molecule has 0 radical (unpaired) electrons. The number of hydrogen-bond donors (Lipinski definition) is 1. The van der Waals surface area contributed by atoms with Crippen LogP contribution in [0.15, 0.2) is 17.3 Å². The van der Waals surface area contributed by atoms with Crippen LogP contribution in [0.5, 0.6) is 0 Å². The average molecular weight is 303 g/mol. The SMILES string of the molecule is O=S(=O)(NC1CCN2CCCC12)c1cnc(Cl)nc1. The standard InChI is InChI=1S/C11H15ClN4O2S/c12-11-13-6-8(7-14-11)19(17,18)15-9-3-5-16-4-1-2-10(9)16/h6-7,9-10,15H,1-5H2. The summed E-state index contributed by atoms with van der Waals surface area (Å²) < 4.78 is 27.2. The van der Waals surface area contributed by atoms with Crippen molar-refractivity contribution in [1.29, 1.82) is 0 Å². The molecular weight excluding hydrogens is 288 g/mol. The molecule has 2 aliphatic heterocycles. The zero-order valence-electron chi connectivity index (χ0n) is 10.3. The van der Waals surface area contributed by atoms with E-state index in [1.54, 1.807) is 0 Å². The van der Waals surface area contributed by atoms with Gasteiger partial charge in [-0.3, -0.25) is 4.90 Å². The Kier molecular flexibility index (Phi) is 3.46. The normalized spacial score (nSPS) is 27.6. The lowest BCUT2D eigenvalue weighted by atomic mass is 10.1. The van der Waals surface area contributed by atoms with Crippen LogP contribution in [0.25, 0.3) is 0 Å². The van der Waals surface area contributed by atoms with Crippen molar-refractivity contribution >= 4 is 21.6 Å². The van der Waals surface area contributed by atoms with Crippen molar-refractivity contribution in [1.82, 2.24) is 19.6 Å². The van der Waals surface area contributed by atoms with E-state index in [-0.39, 0.29) is 16.2 Å². The minimum Gasteiger partial charge on any atom is -0.299 e. The largest absolute Gasteiger partial charge is 0.299 e. The Morgan fingerprint density at radius 3 is 2.74 bits per heavy atom. The van der Waals surface area contributed by atoms with Gasteiger partial charge in [0.1, 0.15) is 4.90 Å². The summed E-state index contributed by atoms with van der Waals surface area (Å²) in [5, 5.41) is 0.0433. The first-order chi connectivity index (χ1) is 9.06. The van der Waals surface area contributed by atoms with Gasteiger partial charge >= 0.3 is 0 Å². The van der Waals surface area contributed by atoms with Crippen LogP contribution in [-0.2, 0) is 10.0 Å². The molecule has 8 heteroatoms. The third-order valence-corrected chi connectivity index (χ3v) is 5.46. The summed E-state index contributed by atoms with van der Waals surface area (Å²) in [5.41, 5.74) is 0. The van der Waals surface area contributed by atoms with Gasteiger partial charge in [-0.05, 0) is 37.4 Å². The number of hydrogen-bond acceptors (Lipinski definition) is 5. The molecule has 1 aromatic rings. The van der Waals surface area contributed by atoms with Crippen LogP contribution in [0.4, 0.5) is 0 Å². The molecule has 6 nitrogen and oxygen atoms in total. The van der Waals surface area contributed by atoms with Gasteiger partial charge in [0.05, 0.1) is 12.4 Å². The summed E-state index contributed by atoms with van der Waals surface area (Å²) in [6, 6.07) is 0.325. The first kappa shape index (κ1) is 13.2. The van der Waals surface area contributed by atoms with Gasteiger partial charge in [-0.2, -0.15) is 0 Å². The monoisotopic (exact) mass is 302 g/mol. The van der Waals surface area contributed by atoms with E-state index in [1.165, 1.54) is 12.4 Å². The Morgan fingerprint density at radius 2 is 2.00 bits per heavy atom. The van der Waals surface area contributed by atoms with E-state index in [2.05, 4.69) is 19.6 Å². The summed E-state index contributed by atoms with van der Waals surface area (Å²) in [7, 11) is -3.56.